The van der Waals surface area contributed by atoms with Crippen molar-refractivity contribution >= 4 is 13.3 Å². The van der Waals surface area contributed by atoms with Crippen molar-refractivity contribution in [3.05, 3.63) is 24.3 Å². The third-order valence-electron chi connectivity index (χ3n) is 1.28. The maximum absolute atomic E-state index is 10.4. The first-order chi connectivity index (χ1) is 5.97. The molecular weight excluding hydrogens is 193 g/mol. The van der Waals surface area contributed by atoms with Gasteiger partial charge in [0.05, 0.1) is 0 Å². The maximum Gasteiger partial charge on any atom is 0.362 e. The molecule has 0 unspecified atom stereocenters. The van der Waals surface area contributed by atoms with Crippen LogP contribution in [0.3, 0.4) is 0 Å². The molecule has 0 aromatic heterocycles. The quantitative estimate of drug-likeness (QED) is 0.498. The van der Waals surface area contributed by atoms with Crippen molar-refractivity contribution in [2.24, 2.45) is 0 Å². The van der Waals surface area contributed by atoms with Crippen LogP contribution in [0.4, 0.5) is 5.69 Å². The van der Waals surface area contributed by atoms with Gasteiger partial charge >= 0.3 is 7.60 Å². The van der Waals surface area contributed by atoms with Crippen LogP contribution in [0.5, 0.6) is 5.75 Å². The Labute approximate surface area is 75.3 Å². The number of nitrogen functional groups attached to an aromatic ring is 1. The lowest BCUT2D eigenvalue weighted by atomic mass is 10.3. The molecule has 0 saturated carbocycles. The fourth-order valence-electron chi connectivity index (χ4n) is 0.723. The van der Waals surface area contributed by atoms with Gasteiger partial charge in [-0.15, -0.1) is 0 Å². The molecule has 0 bridgehead atoms. The second kappa shape index (κ2) is 3.79. The molecule has 13 heavy (non-hydrogen) atoms. The molecule has 0 radical (unpaired) electrons. The average molecular weight is 203 g/mol. The van der Waals surface area contributed by atoms with Gasteiger partial charge in [0.15, 0.2) is 6.35 Å². The van der Waals surface area contributed by atoms with E-state index in [2.05, 4.69) is 0 Å². The van der Waals surface area contributed by atoms with Crippen LogP contribution in [0, 0.1) is 0 Å². The van der Waals surface area contributed by atoms with Crippen LogP contribution in [-0.4, -0.2) is 16.1 Å². The zero-order valence-electron chi connectivity index (χ0n) is 6.75. The number of hydrogen-bond donors (Lipinski definition) is 3. The van der Waals surface area contributed by atoms with Gasteiger partial charge in [0.2, 0.25) is 0 Å². The first-order valence-corrected chi connectivity index (χ1v) is 5.30. The Bertz CT molecular complexity index is 318. The van der Waals surface area contributed by atoms with Crippen LogP contribution in [0.15, 0.2) is 24.3 Å². The Kier molecular flexibility index (Phi) is 2.93. The van der Waals surface area contributed by atoms with Gasteiger partial charge < -0.3 is 20.3 Å². The number of rotatable bonds is 3. The molecular formula is C7H10NO4P. The van der Waals surface area contributed by atoms with Gasteiger partial charge in [-0.3, -0.25) is 4.57 Å². The largest absolute Gasteiger partial charge is 0.481 e. The minimum atomic E-state index is -4.10. The maximum atomic E-state index is 10.4. The summed E-state index contributed by atoms with van der Waals surface area (Å²) in [6.45, 7) is 0. The Morgan fingerprint density at radius 1 is 1.31 bits per heavy atom. The van der Waals surface area contributed by atoms with E-state index in [9.17, 15) is 4.57 Å². The van der Waals surface area contributed by atoms with Crippen LogP contribution in [0.25, 0.3) is 0 Å². The van der Waals surface area contributed by atoms with Crippen molar-refractivity contribution in [1.29, 1.82) is 0 Å². The topological polar surface area (TPSA) is 92.8 Å². The second-order valence-electron chi connectivity index (χ2n) is 2.51. The van der Waals surface area contributed by atoms with Gasteiger partial charge in [-0.2, -0.15) is 0 Å². The summed E-state index contributed by atoms with van der Waals surface area (Å²) in [6.07, 6.45) is -0.614. The zero-order valence-corrected chi connectivity index (χ0v) is 7.65. The summed E-state index contributed by atoms with van der Waals surface area (Å²) >= 11 is 0. The summed E-state index contributed by atoms with van der Waals surface area (Å²) < 4.78 is 15.2. The van der Waals surface area contributed by atoms with Gasteiger partial charge in [-0.05, 0) is 24.3 Å². The third kappa shape index (κ3) is 3.94. The molecule has 0 aliphatic carbocycles. The van der Waals surface area contributed by atoms with Crippen LogP contribution in [0.1, 0.15) is 0 Å². The molecule has 6 heteroatoms. The van der Waals surface area contributed by atoms with Gasteiger partial charge in [0.1, 0.15) is 5.75 Å². The predicted molar refractivity (Wildman–Crippen MR) is 48.4 cm³/mol. The van der Waals surface area contributed by atoms with Gasteiger partial charge in [-0.25, -0.2) is 0 Å². The standard InChI is InChI=1S/C7H10NO4P/c8-6-1-3-7(4-2-6)12-5-13(9,10)11/h1-4H,5,8H2,(H2,9,10,11). The summed E-state index contributed by atoms with van der Waals surface area (Å²) in [4.78, 5) is 17.0. The summed E-state index contributed by atoms with van der Waals surface area (Å²) in [5.41, 5.74) is 5.97. The molecule has 0 heterocycles. The molecule has 0 atom stereocenters. The fraction of sp³-hybridized carbons (Fsp3) is 0.143. The number of nitrogens with two attached hydrogens (primary N) is 1. The highest BCUT2D eigenvalue weighted by Gasteiger charge is 2.13. The van der Waals surface area contributed by atoms with Crippen molar-refractivity contribution in [3.8, 4) is 5.75 Å². The lowest BCUT2D eigenvalue weighted by Crippen LogP contribution is -1.97. The molecule has 0 spiro atoms. The third-order valence-corrected chi connectivity index (χ3v) is 1.74. The SMILES string of the molecule is Nc1ccc(OCP(=O)(O)O)cc1. The minimum absolute atomic E-state index is 0.387. The molecule has 5 nitrogen and oxygen atoms in total. The molecule has 0 fully saturated rings. The van der Waals surface area contributed by atoms with Crippen molar-refractivity contribution in [2.45, 2.75) is 0 Å². The first-order valence-electron chi connectivity index (χ1n) is 3.50. The molecule has 0 amide bonds. The molecule has 0 saturated heterocycles. The lowest BCUT2D eigenvalue weighted by Gasteiger charge is -2.06. The molecule has 0 aliphatic rings. The Balaban J connectivity index is 2.56. The average Bonchev–Trinajstić information content (AvgIpc) is 2.02. The van der Waals surface area contributed by atoms with E-state index in [1.165, 1.54) is 0 Å². The van der Waals surface area contributed by atoms with E-state index in [-0.39, 0.29) is 0 Å². The smallest absolute Gasteiger partial charge is 0.362 e. The van der Waals surface area contributed by atoms with E-state index >= 15 is 0 Å². The highest BCUT2D eigenvalue weighted by Crippen LogP contribution is 2.34. The molecule has 0 aliphatic heterocycles. The van der Waals surface area contributed by atoms with Crippen molar-refractivity contribution < 1.29 is 19.1 Å². The fourth-order valence-corrected chi connectivity index (χ4v) is 1.04. The molecule has 1 aromatic rings. The van der Waals surface area contributed by atoms with Gasteiger partial charge in [0, 0.05) is 5.69 Å². The lowest BCUT2D eigenvalue weighted by molar-refractivity contribution is 0.300. The monoisotopic (exact) mass is 203 g/mol. The number of anilines is 1. The summed E-state index contributed by atoms with van der Waals surface area (Å²) in [5, 5.41) is 0. The van der Waals surface area contributed by atoms with Gasteiger partial charge in [-0.1, -0.05) is 0 Å². The highest BCUT2D eigenvalue weighted by molar-refractivity contribution is 7.51. The predicted octanol–water partition coefficient (Wildman–Crippen LogP) is 0.783. The second-order valence-corrected chi connectivity index (χ2v) is 4.09. The first kappa shape index (κ1) is 10.1. The summed E-state index contributed by atoms with van der Waals surface area (Å²) in [7, 11) is -4.10. The molecule has 72 valence electrons. The molecule has 4 N–H and O–H groups in total. The number of ether oxygens (including phenoxy) is 1. The molecule has 1 aromatic carbocycles. The van der Waals surface area contributed by atoms with Crippen LogP contribution in [-0.2, 0) is 4.57 Å². The van der Waals surface area contributed by atoms with Crippen LogP contribution < -0.4 is 10.5 Å². The summed E-state index contributed by atoms with van der Waals surface area (Å²) in [6, 6.07) is 6.28. The van der Waals surface area contributed by atoms with E-state index in [0.29, 0.717) is 11.4 Å². The Hall–Kier alpha value is -1.03. The van der Waals surface area contributed by atoms with E-state index < -0.39 is 13.9 Å². The zero-order chi connectivity index (χ0) is 9.90. The highest BCUT2D eigenvalue weighted by atomic mass is 31.2. The van der Waals surface area contributed by atoms with Gasteiger partial charge in [0.25, 0.3) is 0 Å². The van der Waals surface area contributed by atoms with E-state index in [0.717, 1.165) is 0 Å². The van der Waals surface area contributed by atoms with Crippen molar-refractivity contribution in [2.75, 3.05) is 12.1 Å². The van der Waals surface area contributed by atoms with E-state index in [1.54, 1.807) is 24.3 Å². The minimum Gasteiger partial charge on any atom is -0.481 e. The van der Waals surface area contributed by atoms with Crippen molar-refractivity contribution in [3.63, 3.8) is 0 Å². The normalized spacial score (nSPS) is 11.2. The van der Waals surface area contributed by atoms with Crippen LogP contribution in [0.2, 0.25) is 0 Å². The number of hydrogen-bond acceptors (Lipinski definition) is 3. The summed E-state index contributed by atoms with van der Waals surface area (Å²) in [5.74, 6) is 0.387. The Morgan fingerprint density at radius 2 is 1.85 bits per heavy atom. The van der Waals surface area contributed by atoms with Crippen molar-refractivity contribution in [1.82, 2.24) is 0 Å². The Morgan fingerprint density at radius 3 is 2.31 bits per heavy atom. The van der Waals surface area contributed by atoms with E-state index in [1.807, 2.05) is 0 Å². The molecule has 1 rings (SSSR count). The number of benzene rings is 1. The van der Waals surface area contributed by atoms with Crippen LogP contribution >= 0.6 is 7.60 Å². The van der Waals surface area contributed by atoms with E-state index in [4.69, 9.17) is 20.3 Å².